The van der Waals surface area contributed by atoms with Crippen LogP contribution in [0.4, 0.5) is 0 Å². The zero-order valence-electron chi connectivity index (χ0n) is 19.8. The van der Waals surface area contributed by atoms with Crippen molar-refractivity contribution >= 4 is 35.8 Å². The van der Waals surface area contributed by atoms with Crippen molar-refractivity contribution in [1.29, 1.82) is 0 Å². The molecular formula is C22H38IN5O4. The van der Waals surface area contributed by atoms with Crippen molar-refractivity contribution in [2.45, 2.75) is 32.9 Å². The minimum absolute atomic E-state index is 0. The SMILES string of the molecule is CCNC(=NCC(O)c1cc(OC)cc(OC)c1)N1CCN(CC(=O)NC(C)C)CC1.I. The van der Waals surface area contributed by atoms with Crippen LogP contribution in [-0.2, 0) is 4.79 Å². The number of aliphatic imine (C=N–C) groups is 1. The lowest BCUT2D eigenvalue weighted by Crippen LogP contribution is -2.54. The lowest BCUT2D eigenvalue weighted by Gasteiger charge is -2.36. The van der Waals surface area contributed by atoms with Gasteiger partial charge in [-0.3, -0.25) is 14.7 Å². The van der Waals surface area contributed by atoms with Crippen molar-refractivity contribution in [2.75, 3.05) is 60.0 Å². The highest BCUT2D eigenvalue weighted by atomic mass is 127. The molecule has 32 heavy (non-hydrogen) atoms. The van der Waals surface area contributed by atoms with Gasteiger partial charge in [-0.05, 0) is 38.5 Å². The van der Waals surface area contributed by atoms with Crippen LogP contribution in [0.3, 0.4) is 0 Å². The number of carbonyl (C=O) groups excluding carboxylic acids is 1. The van der Waals surface area contributed by atoms with Crippen molar-refractivity contribution in [2.24, 2.45) is 4.99 Å². The molecular weight excluding hydrogens is 525 g/mol. The number of piperazine rings is 1. The van der Waals surface area contributed by atoms with E-state index in [9.17, 15) is 9.90 Å². The third kappa shape index (κ3) is 8.99. The van der Waals surface area contributed by atoms with Gasteiger partial charge < -0.3 is 30.1 Å². The normalized spacial score (nSPS) is 15.7. The number of amides is 1. The van der Waals surface area contributed by atoms with Crippen LogP contribution < -0.4 is 20.1 Å². The number of hydrogen-bond acceptors (Lipinski definition) is 6. The summed E-state index contributed by atoms with van der Waals surface area (Å²) in [5.41, 5.74) is 0.691. The summed E-state index contributed by atoms with van der Waals surface area (Å²) < 4.78 is 10.6. The summed E-state index contributed by atoms with van der Waals surface area (Å²) in [6.07, 6.45) is -0.779. The van der Waals surface area contributed by atoms with E-state index < -0.39 is 6.10 Å². The molecule has 1 aromatic carbocycles. The van der Waals surface area contributed by atoms with Gasteiger partial charge in [-0.15, -0.1) is 24.0 Å². The van der Waals surface area contributed by atoms with Gasteiger partial charge in [-0.2, -0.15) is 0 Å². The summed E-state index contributed by atoms with van der Waals surface area (Å²) in [5.74, 6) is 2.08. The molecule has 9 nitrogen and oxygen atoms in total. The molecule has 1 saturated heterocycles. The molecule has 1 heterocycles. The largest absolute Gasteiger partial charge is 0.497 e. The molecule has 0 radical (unpaired) electrons. The summed E-state index contributed by atoms with van der Waals surface area (Å²) in [6, 6.07) is 5.50. The molecule has 1 unspecified atom stereocenters. The summed E-state index contributed by atoms with van der Waals surface area (Å²) in [5, 5.41) is 16.9. The number of nitrogens with one attached hydrogen (secondary N) is 2. The van der Waals surface area contributed by atoms with Crippen LogP contribution in [0.2, 0.25) is 0 Å². The fraction of sp³-hybridized carbons (Fsp3) is 0.636. The van der Waals surface area contributed by atoms with E-state index in [0.717, 1.165) is 38.7 Å². The van der Waals surface area contributed by atoms with E-state index in [2.05, 4.69) is 25.4 Å². The van der Waals surface area contributed by atoms with Crippen LogP contribution in [0.25, 0.3) is 0 Å². The first-order chi connectivity index (χ1) is 14.9. The molecule has 0 spiro atoms. The van der Waals surface area contributed by atoms with Crippen LogP contribution in [-0.4, -0.2) is 92.8 Å². The average Bonchev–Trinajstić information content (AvgIpc) is 2.76. The monoisotopic (exact) mass is 563 g/mol. The third-order valence-electron chi connectivity index (χ3n) is 5.00. The van der Waals surface area contributed by atoms with Crippen molar-refractivity contribution in [3.05, 3.63) is 23.8 Å². The van der Waals surface area contributed by atoms with Crippen molar-refractivity contribution < 1.29 is 19.4 Å². The third-order valence-corrected chi connectivity index (χ3v) is 5.00. The van der Waals surface area contributed by atoms with Gasteiger partial charge in [0.15, 0.2) is 5.96 Å². The summed E-state index contributed by atoms with van der Waals surface area (Å²) in [6.45, 7) is 10.4. The van der Waals surface area contributed by atoms with Crippen LogP contribution in [0.5, 0.6) is 11.5 Å². The van der Waals surface area contributed by atoms with Gasteiger partial charge in [-0.1, -0.05) is 0 Å². The number of methoxy groups -OCH3 is 2. The molecule has 1 fully saturated rings. The summed E-state index contributed by atoms with van der Waals surface area (Å²) in [7, 11) is 3.16. The van der Waals surface area contributed by atoms with E-state index >= 15 is 0 Å². The van der Waals surface area contributed by atoms with E-state index in [1.54, 1.807) is 32.4 Å². The molecule has 0 bridgehead atoms. The smallest absolute Gasteiger partial charge is 0.234 e. The van der Waals surface area contributed by atoms with Gasteiger partial charge in [0, 0.05) is 44.8 Å². The molecule has 0 saturated carbocycles. The number of ether oxygens (including phenoxy) is 2. The second-order valence-electron chi connectivity index (χ2n) is 7.84. The quantitative estimate of drug-likeness (QED) is 0.238. The first kappa shape index (κ1) is 28.2. The lowest BCUT2D eigenvalue weighted by atomic mass is 10.1. The van der Waals surface area contributed by atoms with Gasteiger partial charge in [0.25, 0.3) is 0 Å². The second kappa shape index (κ2) is 14.4. The number of carbonyl (C=O) groups is 1. The number of aliphatic hydroxyl groups is 1. The Bertz CT molecular complexity index is 717. The Labute approximate surface area is 208 Å². The number of guanidine groups is 1. The fourth-order valence-electron chi connectivity index (χ4n) is 3.41. The minimum atomic E-state index is -0.779. The van der Waals surface area contributed by atoms with Gasteiger partial charge in [-0.25, -0.2) is 0 Å². The molecule has 1 aromatic rings. The number of halogens is 1. The van der Waals surface area contributed by atoms with Crippen LogP contribution in [0.15, 0.2) is 23.2 Å². The number of rotatable bonds is 9. The highest BCUT2D eigenvalue weighted by Gasteiger charge is 2.22. The number of benzene rings is 1. The topological polar surface area (TPSA) is 98.7 Å². The van der Waals surface area contributed by atoms with E-state index in [1.165, 1.54) is 0 Å². The maximum absolute atomic E-state index is 12.0. The van der Waals surface area contributed by atoms with Crippen LogP contribution in [0, 0.1) is 0 Å². The zero-order valence-corrected chi connectivity index (χ0v) is 22.1. The predicted molar refractivity (Wildman–Crippen MR) is 137 cm³/mol. The second-order valence-corrected chi connectivity index (χ2v) is 7.84. The van der Waals surface area contributed by atoms with Gasteiger partial charge in [0.1, 0.15) is 11.5 Å². The average molecular weight is 563 g/mol. The number of nitrogens with zero attached hydrogens (tertiary/aromatic N) is 3. The zero-order chi connectivity index (χ0) is 22.8. The fourth-order valence-corrected chi connectivity index (χ4v) is 3.41. The minimum Gasteiger partial charge on any atom is -0.497 e. The molecule has 182 valence electrons. The van der Waals surface area contributed by atoms with Gasteiger partial charge in [0.2, 0.25) is 5.91 Å². The highest BCUT2D eigenvalue weighted by molar-refractivity contribution is 14.0. The summed E-state index contributed by atoms with van der Waals surface area (Å²) in [4.78, 5) is 21.0. The Kier molecular flexibility index (Phi) is 12.7. The molecule has 3 N–H and O–H groups in total. The molecule has 1 atom stereocenters. The van der Waals surface area contributed by atoms with Crippen LogP contribution in [0.1, 0.15) is 32.4 Å². The maximum Gasteiger partial charge on any atom is 0.234 e. The Hall–Kier alpha value is -1.79. The van der Waals surface area contributed by atoms with Crippen molar-refractivity contribution in [1.82, 2.24) is 20.4 Å². The lowest BCUT2D eigenvalue weighted by molar-refractivity contribution is -0.123. The molecule has 0 aliphatic carbocycles. The Balaban J connectivity index is 0.00000512. The van der Waals surface area contributed by atoms with Crippen molar-refractivity contribution in [3.8, 4) is 11.5 Å². The number of hydrogen-bond donors (Lipinski definition) is 3. The standard InChI is InChI=1S/C22H37N5O4.HI/c1-6-23-22(27-9-7-26(8-10-27)15-21(29)25-16(2)3)24-14-20(28)17-11-18(30-4)13-19(12-17)31-5;/h11-13,16,20,28H,6-10,14-15H2,1-5H3,(H,23,24)(H,25,29);1H. The van der Waals surface area contributed by atoms with E-state index in [0.29, 0.717) is 23.6 Å². The Morgan fingerprint density at radius 3 is 2.22 bits per heavy atom. The van der Waals surface area contributed by atoms with E-state index in [1.807, 2.05) is 20.8 Å². The van der Waals surface area contributed by atoms with E-state index in [4.69, 9.17) is 9.47 Å². The summed E-state index contributed by atoms with van der Waals surface area (Å²) >= 11 is 0. The predicted octanol–water partition coefficient (Wildman–Crippen LogP) is 1.46. The van der Waals surface area contributed by atoms with E-state index in [-0.39, 0.29) is 42.5 Å². The molecule has 1 aliphatic rings. The molecule has 1 amide bonds. The molecule has 2 rings (SSSR count). The molecule has 1 aliphatic heterocycles. The van der Waals surface area contributed by atoms with Gasteiger partial charge >= 0.3 is 0 Å². The highest BCUT2D eigenvalue weighted by Crippen LogP contribution is 2.26. The van der Waals surface area contributed by atoms with Crippen molar-refractivity contribution in [3.63, 3.8) is 0 Å². The molecule has 10 heteroatoms. The first-order valence-corrected chi connectivity index (χ1v) is 10.8. The first-order valence-electron chi connectivity index (χ1n) is 10.8. The Morgan fingerprint density at radius 2 is 1.72 bits per heavy atom. The van der Waals surface area contributed by atoms with Crippen LogP contribution >= 0.6 is 24.0 Å². The Morgan fingerprint density at radius 1 is 1.12 bits per heavy atom. The number of aliphatic hydroxyl groups excluding tert-OH is 1. The molecule has 0 aromatic heterocycles. The maximum atomic E-state index is 12.0. The van der Waals surface area contributed by atoms with Gasteiger partial charge in [0.05, 0.1) is 33.4 Å².